The molecule has 2 bridgehead atoms. The Bertz CT molecular complexity index is 480. The molecule has 102 valence electrons. The number of carbonyl (C=O) groups is 1. The molecule has 0 aromatic carbocycles. The van der Waals surface area contributed by atoms with Crippen molar-refractivity contribution in [3.8, 4) is 0 Å². The third-order valence-corrected chi connectivity index (χ3v) is 4.85. The summed E-state index contributed by atoms with van der Waals surface area (Å²) in [5.74, 6) is 0.0804. The van der Waals surface area contributed by atoms with Gasteiger partial charge in [-0.05, 0) is 44.1 Å². The maximum Gasteiger partial charge on any atom is 0.257 e. The number of rotatable bonds is 2. The maximum atomic E-state index is 12.7. The van der Waals surface area contributed by atoms with E-state index in [1.165, 1.54) is 11.8 Å². The first-order chi connectivity index (χ1) is 9.20. The van der Waals surface area contributed by atoms with Gasteiger partial charge in [-0.15, -0.1) is 11.8 Å². The summed E-state index contributed by atoms with van der Waals surface area (Å²) in [6.07, 6.45) is 6.89. The van der Waals surface area contributed by atoms with Crippen molar-refractivity contribution in [3.05, 3.63) is 23.9 Å². The van der Waals surface area contributed by atoms with Gasteiger partial charge >= 0.3 is 0 Å². The predicted octanol–water partition coefficient (Wildman–Crippen LogP) is 1.93. The number of pyridine rings is 1. The first kappa shape index (κ1) is 12.9. The zero-order valence-corrected chi connectivity index (χ0v) is 11.8. The van der Waals surface area contributed by atoms with E-state index in [1.54, 1.807) is 6.20 Å². The van der Waals surface area contributed by atoms with Crippen molar-refractivity contribution in [2.24, 2.45) is 0 Å². The summed E-state index contributed by atoms with van der Waals surface area (Å²) in [4.78, 5) is 19.0. The number of aliphatic hydroxyl groups excluding tert-OH is 1. The Labute approximate surface area is 117 Å². The number of fused-ring (bicyclic) bond motifs is 2. The fourth-order valence-electron chi connectivity index (χ4n) is 3.34. The molecule has 4 nitrogen and oxygen atoms in total. The van der Waals surface area contributed by atoms with Crippen LogP contribution in [0.4, 0.5) is 0 Å². The van der Waals surface area contributed by atoms with Gasteiger partial charge in [0.25, 0.3) is 5.91 Å². The monoisotopic (exact) mass is 278 g/mol. The van der Waals surface area contributed by atoms with Gasteiger partial charge in [-0.25, -0.2) is 4.98 Å². The summed E-state index contributed by atoms with van der Waals surface area (Å²) in [6, 6.07) is 4.08. The Morgan fingerprint density at radius 3 is 2.74 bits per heavy atom. The van der Waals surface area contributed by atoms with Gasteiger partial charge in [0.15, 0.2) is 0 Å². The number of nitrogens with zero attached hydrogens (tertiary/aromatic N) is 2. The van der Waals surface area contributed by atoms with Crippen LogP contribution >= 0.6 is 11.8 Å². The highest BCUT2D eigenvalue weighted by molar-refractivity contribution is 7.98. The number of aliphatic hydroxyl groups is 1. The minimum absolute atomic E-state index is 0.0804. The molecule has 1 N–H and O–H groups in total. The van der Waals surface area contributed by atoms with Crippen LogP contribution in [-0.4, -0.2) is 45.3 Å². The molecule has 0 radical (unpaired) electrons. The largest absolute Gasteiger partial charge is 0.393 e. The summed E-state index contributed by atoms with van der Waals surface area (Å²) in [7, 11) is 0. The molecule has 5 heteroatoms. The molecule has 19 heavy (non-hydrogen) atoms. The van der Waals surface area contributed by atoms with Gasteiger partial charge < -0.3 is 10.0 Å². The van der Waals surface area contributed by atoms with Crippen LogP contribution in [0.5, 0.6) is 0 Å². The molecule has 2 unspecified atom stereocenters. The second kappa shape index (κ2) is 5.13. The molecule has 3 heterocycles. The molecule has 2 fully saturated rings. The predicted molar refractivity (Wildman–Crippen MR) is 74.2 cm³/mol. The molecule has 1 aromatic heterocycles. The number of carbonyl (C=O) groups excluding carboxylic acids is 1. The third-order valence-electron chi connectivity index (χ3n) is 4.14. The third kappa shape index (κ3) is 2.25. The fraction of sp³-hybridized carbons (Fsp3) is 0.571. The van der Waals surface area contributed by atoms with Gasteiger partial charge in [-0.1, -0.05) is 0 Å². The van der Waals surface area contributed by atoms with Gasteiger partial charge in [0, 0.05) is 18.3 Å². The van der Waals surface area contributed by atoms with E-state index in [1.807, 2.05) is 23.3 Å². The van der Waals surface area contributed by atoms with Crippen LogP contribution in [0, 0.1) is 0 Å². The molecular weight excluding hydrogens is 260 g/mol. The Morgan fingerprint density at radius 1 is 1.42 bits per heavy atom. The van der Waals surface area contributed by atoms with Crippen LogP contribution in [0.2, 0.25) is 0 Å². The zero-order valence-electron chi connectivity index (χ0n) is 11.0. The van der Waals surface area contributed by atoms with E-state index in [4.69, 9.17) is 0 Å². The molecule has 2 atom stereocenters. The first-order valence-corrected chi connectivity index (χ1v) is 7.93. The number of thioether (sulfide) groups is 1. The highest BCUT2D eigenvalue weighted by atomic mass is 32.2. The molecule has 3 rings (SSSR count). The fourth-order valence-corrected chi connectivity index (χ4v) is 3.88. The maximum absolute atomic E-state index is 12.7. The lowest BCUT2D eigenvalue weighted by Gasteiger charge is -2.37. The lowest BCUT2D eigenvalue weighted by molar-refractivity contribution is 0.0284. The van der Waals surface area contributed by atoms with Crippen molar-refractivity contribution < 1.29 is 9.90 Å². The van der Waals surface area contributed by atoms with Crippen LogP contribution in [0.1, 0.15) is 36.0 Å². The molecule has 2 aliphatic rings. The van der Waals surface area contributed by atoms with Crippen molar-refractivity contribution in [1.82, 2.24) is 9.88 Å². The Hall–Kier alpha value is -1.07. The normalized spacial score (nSPS) is 29.6. The number of aromatic nitrogens is 1. The molecule has 2 aliphatic heterocycles. The van der Waals surface area contributed by atoms with E-state index >= 15 is 0 Å². The van der Waals surface area contributed by atoms with E-state index in [0.717, 1.165) is 30.7 Å². The van der Waals surface area contributed by atoms with Crippen molar-refractivity contribution in [3.63, 3.8) is 0 Å². The minimum atomic E-state index is -0.240. The van der Waals surface area contributed by atoms with Crippen LogP contribution in [0.25, 0.3) is 0 Å². The SMILES string of the molecule is CSc1ncccc1C(=O)N1C2CCC1CC(O)C2. The van der Waals surface area contributed by atoms with Crippen molar-refractivity contribution in [2.75, 3.05) is 6.26 Å². The molecule has 2 saturated heterocycles. The topological polar surface area (TPSA) is 53.4 Å². The Balaban J connectivity index is 1.89. The Morgan fingerprint density at radius 2 is 2.11 bits per heavy atom. The van der Waals surface area contributed by atoms with Crippen molar-refractivity contribution in [2.45, 2.75) is 48.9 Å². The van der Waals surface area contributed by atoms with Crippen LogP contribution in [0.3, 0.4) is 0 Å². The summed E-state index contributed by atoms with van der Waals surface area (Å²) in [5.41, 5.74) is 0.697. The number of piperidine rings is 1. The van der Waals surface area contributed by atoms with E-state index in [2.05, 4.69) is 4.98 Å². The lowest BCUT2D eigenvalue weighted by Crippen LogP contribution is -2.48. The van der Waals surface area contributed by atoms with Gasteiger partial charge in [0.2, 0.25) is 0 Å². The second-order valence-electron chi connectivity index (χ2n) is 5.28. The highest BCUT2D eigenvalue weighted by Gasteiger charge is 2.43. The zero-order chi connectivity index (χ0) is 13.4. The minimum Gasteiger partial charge on any atom is -0.393 e. The van der Waals surface area contributed by atoms with Crippen LogP contribution < -0.4 is 0 Å². The number of amides is 1. The van der Waals surface area contributed by atoms with E-state index in [-0.39, 0.29) is 24.1 Å². The van der Waals surface area contributed by atoms with E-state index < -0.39 is 0 Å². The summed E-state index contributed by atoms with van der Waals surface area (Å²) in [5, 5.41) is 10.6. The molecule has 1 amide bonds. The Kier molecular flexibility index (Phi) is 3.50. The van der Waals surface area contributed by atoms with Crippen molar-refractivity contribution in [1.29, 1.82) is 0 Å². The van der Waals surface area contributed by atoms with E-state index in [0.29, 0.717) is 5.56 Å². The quantitative estimate of drug-likeness (QED) is 0.840. The summed E-state index contributed by atoms with van der Waals surface area (Å²) in [6.45, 7) is 0. The molecule has 0 aliphatic carbocycles. The molecular formula is C14H18N2O2S. The molecule has 0 spiro atoms. The standard InChI is InChI=1S/C14H18N2O2S/c1-19-13-12(3-2-6-15-13)14(18)16-9-4-5-10(16)8-11(17)7-9/h2-3,6,9-11,17H,4-5,7-8H2,1H3. The molecule has 1 aromatic rings. The van der Waals surface area contributed by atoms with Crippen LogP contribution in [0.15, 0.2) is 23.4 Å². The van der Waals surface area contributed by atoms with Gasteiger partial charge in [0.1, 0.15) is 5.03 Å². The first-order valence-electron chi connectivity index (χ1n) is 6.70. The summed E-state index contributed by atoms with van der Waals surface area (Å²) < 4.78 is 0. The number of hydrogen-bond donors (Lipinski definition) is 1. The number of hydrogen-bond acceptors (Lipinski definition) is 4. The van der Waals surface area contributed by atoms with Gasteiger partial charge in [0.05, 0.1) is 11.7 Å². The van der Waals surface area contributed by atoms with Gasteiger partial charge in [-0.3, -0.25) is 4.79 Å². The second-order valence-corrected chi connectivity index (χ2v) is 6.08. The van der Waals surface area contributed by atoms with Crippen LogP contribution in [-0.2, 0) is 0 Å². The lowest BCUT2D eigenvalue weighted by atomic mass is 9.99. The average molecular weight is 278 g/mol. The smallest absolute Gasteiger partial charge is 0.257 e. The highest BCUT2D eigenvalue weighted by Crippen LogP contribution is 2.37. The molecule has 0 saturated carbocycles. The van der Waals surface area contributed by atoms with E-state index in [9.17, 15) is 9.90 Å². The van der Waals surface area contributed by atoms with Crippen molar-refractivity contribution >= 4 is 17.7 Å². The average Bonchev–Trinajstić information content (AvgIpc) is 2.70. The van der Waals surface area contributed by atoms with Gasteiger partial charge in [-0.2, -0.15) is 0 Å². The summed E-state index contributed by atoms with van der Waals surface area (Å²) >= 11 is 1.50.